The number of thiazole rings is 1. The number of esters is 1. The maximum Gasteiger partial charge on any atom is 0.379 e. The molecule has 0 aliphatic carbocycles. The van der Waals surface area contributed by atoms with Crippen molar-refractivity contribution in [3.63, 3.8) is 0 Å². The molecule has 1 aromatic carbocycles. The Bertz CT molecular complexity index is 679. The molecule has 0 aliphatic heterocycles. The third kappa shape index (κ3) is 3.63. The predicted octanol–water partition coefficient (Wildman–Crippen LogP) is 3.85. The van der Waals surface area contributed by atoms with Crippen molar-refractivity contribution >= 4 is 45.1 Å². The van der Waals surface area contributed by atoms with Crippen LogP contribution in [0.4, 0.5) is 0 Å². The molecule has 0 N–H and O–H groups in total. The van der Waals surface area contributed by atoms with Gasteiger partial charge in [0.05, 0.1) is 22.9 Å². The smallest absolute Gasteiger partial charge is 0.379 e. The minimum absolute atomic E-state index is 0.329. The van der Waals surface area contributed by atoms with Gasteiger partial charge in [0, 0.05) is 5.75 Å². The zero-order chi connectivity index (χ0) is 15.4. The van der Waals surface area contributed by atoms with E-state index < -0.39 is 11.8 Å². The fourth-order valence-electron chi connectivity index (χ4n) is 1.89. The largest absolute Gasteiger partial charge is 0.463 e. The zero-order valence-electron chi connectivity index (χ0n) is 12.3. The van der Waals surface area contributed by atoms with E-state index in [4.69, 9.17) is 0 Å². The fraction of sp³-hybridized carbons (Fsp3) is 0.400. The number of hydrogen-bond acceptors (Lipinski definition) is 6. The molecule has 0 radical (unpaired) electrons. The fourth-order valence-corrected chi connectivity index (χ4v) is 4.23. The molecule has 4 nitrogen and oxygen atoms in total. The van der Waals surface area contributed by atoms with Crippen molar-refractivity contribution < 1.29 is 14.3 Å². The van der Waals surface area contributed by atoms with Crippen molar-refractivity contribution in [2.24, 2.45) is 0 Å². The Morgan fingerprint density at radius 2 is 2.14 bits per heavy atom. The number of thioether (sulfide) groups is 1. The van der Waals surface area contributed by atoms with Gasteiger partial charge in [0.25, 0.3) is 5.78 Å². The third-order valence-electron chi connectivity index (χ3n) is 2.96. The quantitative estimate of drug-likeness (QED) is 0.266. The highest BCUT2D eigenvalue weighted by Crippen LogP contribution is 2.33. The Morgan fingerprint density at radius 1 is 1.38 bits per heavy atom. The number of benzene rings is 1. The maximum absolute atomic E-state index is 12.1. The molecule has 0 amide bonds. The van der Waals surface area contributed by atoms with Gasteiger partial charge in [-0.25, -0.2) is 9.78 Å². The first kappa shape index (κ1) is 16.0. The van der Waals surface area contributed by atoms with E-state index in [9.17, 15) is 9.59 Å². The van der Waals surface area contributed by atoms with E-state index in [1.54, 1.807) is 29.2 Å². The number of carbonyl (C=O) groups excluding carboxylic acids is 2. The molecule has 112 valence electrons. The molecule has 0 fully saturated rings. The summed E-state index contributed by atoms with van der Waals surface area (Å²) >= 11 is 3.25. The van der Waals surface area contributed by atoms with Crippen molar-refractivity contribution in [1.29, 1.82) is 0 Å². The van der Waals surface area contributed by atoms with Crippen LogP contribution < -0.4 is 0 Å². The number of unbranched alkanes of at least 4 members (excludes halogenated alkanes) is 1. The number of carbonyl (C=O) groups is 2. The number of fused-ring (bicyclic) bond motifs is 1. The molecule has 6 heteroatoms. The number of ether oxygens (including phenoxy) is 1. The Hall–Kier alpha value is -1.40. The van der Waals surface area contributed by atoms with Crippen LogP contribution in [0.5, 0.6) is 0 Å². The third-order valence-corrected chi connectivity index (χ3v) is 5.19. The first-order chi connectivity index (χ1) is 10.1. The topological polar surface area (TPSA) is 56.3 Å². The van der Waals surface area contributed by atoms with Crippen LogP contribution >= 0.6 is 23.1 Å². The average molecular weight is 323 g/mol. The lowest BCUT2D eigenvalue weighted by molar-refractivity contribution is -0.135. The van der Waals surface area contributed by atoms with E-state index in [1.807, 2.05) is 13.0 Å². The van der Waals surface area contributed by atoms with E-state index in [2.05, 4.69) is 16.6 Å². The number of ketones is 1. The summed E-state index contributed by atoms with van der Waals surface area (Å²) in [5, 5.41) is 0. The van der Waals surface area contributed by atoms with E-state index in [1.165, 1.54) is 7.11 Å². The van der Waals surface area contributed by atoms with Crippen LogP contribution in [0.3, 0.4) is 0 Å². The standard InChI is InChI=1S/C15H17NO3S2/c1-4-5-6-20-15-16-12-10(13(17)14(18)19-3)7-9(2)8-11(12)21-15/h7-8H,4-6H2,1-3H3. The second-order valence-electron chi connectivity index (χ2n) is 4.66. The lowest BCUT2D eigenvalue weighted by Crippen LogP contribution is -2.16. The van der Waals surface area contributed by atoms with Gasteiger partial charge in [0.1, 0.15) is 0 Å². The Labute approximate surface area is 131 Å². The summed E-state index contributed by atoms with van der Waals surface area (Å²) in [6, 6.07) is 3.69. The summed E-state index contributed by atoms with van der Waals surface area (Å²) < 4.78 is 6.39. The van der Waals surface area contributed by atoms with Gasteiger partial charge in [-0.05, 0) is 31.0 Å². The number of methoxy groups -OCH3 is 1. The molecule has 0 saturated heterocycles. The number of aryl methyl sites for hydroxylation is 1. The highest BCUT2D eigenvalue weighted by Gasteiger charge is 2.22. The van der Waals surface area contributed by atoms with E-state index in [0.717, 1.165) is 33.2 Å². The van der Waals surface area contributed by atoms with Gasteiger partial charge in [-0.15, -0.1) is 11.3 Å². The van der Waals surface area contributed by atoms with Gasteiger partial charge in [-0.2, -0.15) is 0 Å². The van der Waals surface area contributed by atoms with Gasteiger partial charge in [-0.3, -0.25) is 4.79 Å². The van der Waals surface area contributed by atoms with Crippen LogP contribution in [-0.4, -0.2) is 29.6 Å². The average Bonchev–Trinajstić information content (AvgIpc) is 2.87. The number of aromatic nitrogens is 1. The monoisotopic (exact) mass is 323 g/mol. The van der Waals surface area contributed by atoms with Crippen LogP contribution in [0, 0.1) is 6.92 Å². The molecular weight excluding hydrogens is 306 g/mol. The molecule has 2 aromatic rings. The van der Waals surface area contributed by atoms with E-state index in [-0.39, 0.29) is 0 Å². The van der Waals surface area contributed by atoms with Gasteiger partial charge in [-0.1, -0.05) is 25.1 Å². The summed E-state index contributed by atoms with van der Waals surface area (Å²) in [7, 11) is 1.21. The first-order valence-corrected chi connectivity index (χ1v) is 8.53. The van der Waals surface area contributed by atoms with Gasteiger partial charge in [0.2, 0.25) is 0 Å². The number of rotatable bonds is 6. The van der Waals surface area contributed by atoms with Crippen LogP contribution in [-0.2, 0) is 9.53 Å². The van der Waals surface area contributed by atoms with Crippen LogP contribution in [0.15, 0.2) is 16.5 Å². The SMILES string of the molecule is CCCCSc1nc2c(C(=O)C(=O)OC)cc(C)cc2s1. The molecule has 0 atom stereocenters. The van der Waals surface area contributed by atoms with Crippen molar-refractivity contribution in [3.05, 3.63) is 23.3 Å². The summed E-state index contributed by atoms with van der Waals surface area (Å²) in [6.45, 7) is 4.05. The summed E-state index contributed by atoms with van der Waals surface area (Å²) in [5.41, 5.74) is 1.86. The second-order valence-corrected chi connectivity index (χ2v) is 7.03. The molecule has 0 aliphatic rings. The van der Waals surface area contributed by atoms with Crippen molar-refractivity contribution in [3.8, 4) is 0 Å². The summed E-state index contributed by atoms with van der Waals surface area (Å²) in [6.07, 6.45) is 2.27. The first-order valence-electron chi connectivity index (χ1n) is 6.73. The van der Waals surface area contributed by atoms with Gasteiger partial charge in [0.15, 0.2) is 4.34 Å². The number of Topliss-reactive ketones (excluding diaryl/α,β-unsaturated/α-hetero) is 1. The Kier molecular flexibility index (Phi) is 5.36. The molecule has 1 heterocycles. The van der Waals surface area contributed by atoms with E-state index in [0.29, 0.717) is 11.1 Å². The van der Waals surface area contributed by atoms with Gasteiger partial charge < -0.3 is 4.74 Å². The van der Waals surface area contributed by atoms with Crippen molar-refractivity contribution in [2.75, 3.05) is 12.9 Å². The number of nitrogens with zero attached hydrogens (tertiary/aromatic N) is 1. The van der Waals surface area contributed by atoms with Crippen LogP contribution in [0.2, 0.25) is 0 Å². The van der Waals surface area contributed by atoms with Crippen LogP contribution in [0.1, 0.15) is 35.7 Å². The second kappa shape index (κ2) is 7.04. The zero-order valence-corrected chi connectivity index (χ0v) is 13.9. The lowest BCUT2D eigenvalue weighted by Gasteiger charge is -2.01. The summed E-state index contributed by atoms with van der Waals surface area (Å²) in [5.74, 6) is -0.480. The molecule has 0 saturated carbocycles. The Balaban J connectivity index is 2.40. The van der Waals surface area contributed by atoms with Crippen molar-refractivity contribution in [2.45, 2.75) is 31.0 Å². The summed E-state index contributed by atoms with van der Waals surface area (Å²) in [4.78, 5) is 28.1. The van der Waals surface area contributed by atoms with Crippen molar-refractivity contribution in [1.82, 2.24) is 4.98 Å². The minimum atomic E-state index is -0.852. The highest BCUT2D eigenvalue weighted by molar-refractivity contribution is 8.01. The molecule has 1 aromatic heterocycles. The van der Waals surface area contributed by atoms with Gasteiger partial charge >= 0.3 is 5.97 Å². The predicted molar refractivity (Wildman–Crippen MR) is 86.3 cm³/mol. The molecule has 0 unspecified atom stereocenters. The minimum Gasteiger partial charge on any atom is -0.463 e. The molecule has 2 rings (SSSR count). The molecule has 21 heavy (non-hydrogen) atoms. The van der Waals surface area contributed by atoms with Crippen LogP contribution in [0.25, 0.3) is 10.2 Å². The normalized spacial score (nSPS) is 10.8. The Morgan fingerprint density at radius 3 is 2.81 bits per heavy atom. The molecule has 0 spiro atoms. The number of hydrogen-bond donors (Lipinski definition) is 0. The molecular formula is C15H17NO3S2. The highest BCUT2D eigenvalue weighted by atomic mass is 32.2. The maximum atomic E-state index is 12.1. The van der Waals surface area contributed by atoms with E-state index >= 15 is 0 Å². The molecule has 0 bridgehead atoms. The lowest BCUT2D eigenvalue weighted by atomic mass is 10.1.